The molecule has 7 nitrogen and oxygen atoms in total. The maximum atomic E-state index is 12.3. The molecule has 0 saturated carbocycles. The van der Waals surface area contributed by atoms with Gasteiger partial charge in [-0.1, -0.05) is 6.92 Å². The number of carbonyl (C=O) groups excluding carboxylic acids is 3. The van der Waals surface area contributed by atoms with Gasteiger partial charge in [-0.05, 0) is 6.42 Å². The minimum atomic E-state index is -0.543. The van der Waals surface area contributed by atoms with Crippen LogP contribution < -0.4 is 16.0 Å². The number of nitrogens with one attached hydrogen (secondary N) is 3. The summed E-state index contributed by atoms with van der Waals surface area (Å²) in [4.78, 5) is 36.7. The fraction of sp³-hybridized carbons (Fsp3) is 0.727. The van der Waals surface area contributed by atoms with Gasteiger partial charge in [0.1, 0.15) is 12.6 Å². The average molecular weight is 254 g/mol. The molecule has 3 amide bonds. The van der Waals surface area contributed by atoms with E-state index >= 15 is 0 Å². The molecule has 0 aromatic rings. The highest BCUT2D eigenvalue weighted by Gasteiger charge is 2.38. The van der Waals surface area contributed by atoms with Crippen molar-refractivity contribution in [1.82, 2.24) is 20.9 Å². The first-order valence-electron chi connectivity index (χ1n) is 6.21. The van der Waals surface area contributed by atoms with Crippen molar-refractivity contribution in [3.05, 3.63) is 0 Å². The van der Waals surface area contributed by atoms with E-state index in [1.165, 1.54) is 4.90 Å². The van der Waals surface area contributed by atoms with Crippen LogP contribution in [0.2, 0.25) is 0 Å². The molecule has 0 bridgehead atoms. The van der Waals surface area contributed by atoms with Crippen molar-refractivity contribution in [1.29, 1.82) is 0 Å². The molecule has 2 aliphatic heterocycles. The third-order valence-electron chi connectivity index (χ3n) is 3.26. The van der Waals surface area contributed by atoms with E-state index in [4.69, 9.17) is 0 Å². The Kier molecular flexibility index (Phi) is 3.93. The minimum Gasteiger partial charge on any atom is -0.320 e. The van der Waals surface area contributed by atoms with Crippen molar-refractivity contribution in [2.75, 3.05) is 26.2 Å². The van der Waals surface area contributed by atoms with Gasteiger partial charge < -0.3 is 15.5 Å². The van der Waals surface area contributed by atoms with Gasteiger partial charge in [0.25, 0.3) is 0 Å². The standard InChI is InChI=1S/C11H18N4O3/c1-2-8-10(17)14-9(16)6-15(8)11(18)7-5-12-3-4-13-7/h7-8,12-13H,2-6H2,1H3,(H,14,16,17). The van der Waals surface area contributed by atoms with Gasteiger partial charge in [-0.15, -0.1) is 0 Å². The first kappa shape index (κ1) is 13.0. The molecule has 2 atom stereocenters. The van der Waals surface area contributed by atoms with Crippen LogP contribution in [0.4, 0.5) is 0 Å². The summed E-state index contributed by atoms with van der Waals surface area (Å²) in [6, 6.07) is -0.898. The van der Waals surface area contributed by atoms with E-state index in [-0.39, 0.29) is 24.4 Å². The highest BCUT2D eigenvalue weighted by molar-refractivity contribution is 6.04. The zero-order valence-corrected chi connectivity index (χ0v) is 10.4. The van der Waals surface area contributed by atoms with Crippen molar-refractivity contribution in [3.63, 3.8) is 0 Å². The summed E-state index contributed by atoms with van der Waals surface area (Å²) in [7, 11) is 0. The number of carbonyl (C=O) groups is 3. The largest absolute Gasteiger partial charge is 0.320 e. The smallest absolute Gasteiger partial charge is 0.249 e. The summed E-state index contributed by atoms with van der Waals surface area (Å²) in [6.07, 6.45) is 0.505. The number of imide groups is 1. The minimum absolute atomic E-state index is 0.0404. The molecule has 3 N–H and O–H groups in total. The number of amides is 3. The predicted molar refractivity (Wildman–Crippen MR) is 63.6 cm³/mol. The molecule has 2 aliphatic rings. The predicted octanol–water partition coefficient (Wildman–Crippen LogP) is -2.19. The van der Waals surface area contributed by atoms with Crippen molar-refractivity contribution in [3.8, 4) is 0 Å². The second kappa shape index (κ2) is 5.45. The highest BCUT2D eigenvalue weighted by atomic mass is 16.2. The maximum Gasteiger partial charge on any atom is 0.249 e. The van der Waals surface area contributed by atoms with Gasteiger partial charge in [0.05, 0.1) is 6.04 Å². The molecule has 2 saturated heterocycles. The third-order valence-corrected chi connectivity index (χ3v) is 3.26. The van der Waals surface area contributed by atoms with E-state index in [1.54, 1.807) is 0 Å². The normalized spacial score (nSPS) is 29.1. The van der Waals surface area contributed by atoms with Crippen molar-refractivity contribution < 1.29 is 14.4 Å². The van der Waals surface area contributed by atoms with Crippen LogP contribution in [0.1, 0.15) is 13.3 Å². The summed E-state index contributed by atoms with van der Waals surface area (Å²) in [5.74, 6) is -0.982. The number of rotatable bonds is 2. The summed E-state index contributed by atoms with van der Waals surface area (Å²) in [5, 5.41) is 8.47. The van der Waals surface area contributed by atoms with Crippen LogP contribution in [0.15, 0.2) is 0 Å². The monoisotopic (exact) mass is 254 g/mol. The molecule has 0 radical (unpaired) electrons. The van der Waals surface area contributed by atoms with Crippen LogP contribution in [-0.4, -0.2) is 60.9 Å². The zero-order chi connectivity index (χ0) is 13.1. The van der Waals surface area contributed by atoms with E-state index in [1.807, 2.05) is 6.92 Å². The Labute approximate surface area is 105 Å². The van der Waals surface area contributed by atoms with Gasteiger partial charge in [-0.3, -0.25) is 19.7 Å². The molecular formula is C11H18N4O3. The van der Waals surface area contributed by atoms with Crippen molar-refractivity contribution >= 4 is 17.7 Å². The topological polar surface area (TPSA) is 90.5 Å². The number of hydrogen-bond donors (Lipinski definition) is 3. The van der Waals surface area contributed by atoms with E-state index in [2.05, 4.69) is 16.0 Å². The fourth-order valence-electron chi connectivity index (χ4n) is 2.33. The van der Waals surface area contributed by atoms with E-state index in [9.17, 15) is 14.4 Å². The number of nitrogens with zero attached hydrogens (tertiary/aromatic N) is 1. The van der Waals surface area contributed by atoms with E-state index in [0.717, 1.165) is 6.54 Å². The van der Waals surface area contributed by atoms with Crippen LogP contribution in [0.3, 0.4) is 0 Å². The van der Waals surface area contributed by atoms with Crippen LogP contribution >= 0.6 is 0 Å². The molecule has 100 valence electrons. The van der Waals surface area contributed by atoms with Crippen LogP contribution in [0.25, 0.3) is 0 Å². The molecule has 2 rings (SSSR count). The fourth-order valence-corrected chi connectivity index (χ4v) is 2.33. The lowest BCUT2D eigenvalue weighted by molar-refractivity contribution is -0.151. The van der Waals surface area contributed by atoms with Crippen molar-refractivity contribution in [2.24, 2.45) is 0 Å². The van der Waals surface area contributed by atoms with Gasteiger partial charge in [0.2, 0.25) is 17.7 Å². The molecular weight excluding hydrogens is 236 g/mol. The van der Waals surface area contributed by atoms with E-state index < -0.39 is 11.9 Å². The second-order valence-electron chi connectivity index (χ2n) is 4.51. The Morgan fingerprint density at radius 2 is 2.17 bits per heavy atom. The maximum absolute atomic E-state index is 12.3. The molecule has 2 heterocycles. The quantitative estimate of drug-likeness (QED) is 0.487. The van der Waals surface area contributed by atoms with Crippen LogP contribution in [-0.2, 0) is 14.4 Å². The SMILES string of the molecule is CCC1C(=O)NC(=O)CN1C(=O)C1CNCCN1. The molecule has 0 aliphatic carbocycles. The van der Waals surface area contributed by atoms with Gasteiger partial charge in [-0.2, -0.15) is 0 Å². The summed E-state index contributed by atoms with van der Waals surface area (Å²) in [5.41, 5.74) is 0. The number of piperazine rings is 2. The van der Waals surface area contributed by atoms with Crippen LogP contribution in [0, 0.1) is 0 Å². The lowest BCUT2D eigenvalue weighted by atomic mass is 10.1. The Bertz CT molecular complexity index is 365. The van der Waals surface area contributed by atoms with Gasteiger partial charge in [0.15, 0.2) is 0 Å². The van der Waals surface area contributed by atoms with E-state index in [0.29, 0.717) is 19.5 Å². The molecule has 2 fully saturated rings. The number of hydrogen-bond acceptors (Lipinski definition) is 5. The first-order valence-corrected chi connectivity index (χ1v) is 6.21. The van der Waals surface area contributed by atoms with Gasteiger partial charge in [-0.25, -0.2) is 0 Å². The molecule has 18 heavy (non-hydrogen) atoms. The summed E-state index contributed by atoms with van der Waals surface area (Å²) < 4.78 is 0. The lowest BCUT2D eigenvalue weighted by Gasteiger charge is -2.36. The zero-order valence-electron chi connectivity index (χ0n) is 10.4. The Balaban J connectivity index is 2.10. The molecule has 7 heteroatoms. The van der Waals surface area contributed by atoms with Crippen molar-refractivity contribution in [2.45, 2.75) is 25.4 Å². The highest BCUT2D eigenvalue weighted by Crippen LogP contribution is 2.11. The van der Waals surface area contributed by atoms with Crippen LogP contribution in [0.5, 0.6) is 0 Å². The lowest BCUT2D eigenvalue weighted by Crippen LogP contribution is -2.65. The summed E-state index contributed by atoms with van der Waals surface area (Å²) in [6.45, 7) is 3.84. The molecule has 0 aromatic heterocycles. The Morgan fingerprint density at radius 1 is 1.39 bits per heavy atom. The Hall–Kier alpha value is -1.47. The first-order chi connectivity index (χ1) is 8.63. The Morgan fingerprint density at radius 3 is 2.78 bits per heavy atom. The third kappa shape index (κ3) is 2.51. The average Bonchev–Trinajstić information content (AvgIpc) is 2.38. The molecule has 0 aromatic carbocycles. The van der Waals surface area contributed by atoms with Gasteiger partial charge in [0, 0.05) is 19.6 Å². The second-order valence-corrected chi connectivity index (χ2v) is 4.51. The van der Waals surface area contributed by atoms with Gasteiger partial charge >= 0.3 is 0 Å². The summed E-state index contributed by atoms with van der Waals surface area (Å²) >= 11 is 0. The molecule has 0 spiro atoms. The molecule has 2 unspecified atom stereocenters.